The summed E-state index contributed by atoms with van der Waals surface area (Å²) in [5, 5.41) is 22.9. The Balaban J connectivity index is 1.86. The third kappa shape index (κ3) is 15.0. The fraction of sp³-hybridized carbons (Fsp3) is 0.415. The molecule has 0 saturated carbocycles. The Kier molecular flexibility index (Phi) is 18.0. The molecule has 14 heteroatoms. The third-order valence-electron chi connectivity index (χ3n) is 9.03. The maximum Gasteiger partial charge on any atom is 0.325 e. The van der Waals surface area contributed by atoms with Crippen LogP contribution < -0.4 is 38.1 Å². The van der Waals surface area contributed by atoms with E-state index in [-0.39, 0.29) is 19.3 Å². The van der Waals surface area contributed by atoms with Crippen LogP contribution in [0.5, 0.6) is 0 Å². The molecule has 0 heterocycles. The number of nitrogens with two attached hydrogens (primary N) is 2. The van der Waals surface area contributed by atoms with Gasteiger partial charge in [0.05, 0.1) is 6.04 Å². The van der Waals surface area contributed by atoms with E-state index in [0.29, 0.717) is 36.9 Å². The molecule has 3 aromatic carbocycles. The van der Waals surface area contributed by atoms with Crippen molar-refractivity contribution in [2.24, 2.45) is 17.4 Å². The molecule has 6 atom stereocenters. The maximum absolute atomic E-state index is 14.0. The predicted octanol–water partition coefficient (Wildman–Crippen LogP) is 1.36. The van der Waals surface area contributed by atoms with E-state index in [9.17, 15) is 33.9 Å². The number of hydrogen-bond acceptors (Lipinski definition) is 8. The molecule has 0 unspecified atom stereocenters. The molecule has 0 aliphatic heterocycles. The van der Waals surface area contributed by atoms with Gasteiger partial charge in [-0.1, -0.05) is 111 Å². The fourth-order valence-corrected chi connectivity index (χ4v) is 5.79. The highest BCUT2D eigenvalue weighted by Crippen LogP contribution is 2.11. The van der Waals surface area contributed by atoms with Crippen molar-refractivity contribution < 1.29 is 33.9 Å². The molecule has 0 spiro atoms. The van der Waals surface area contributed by atoms with Gasteiger partial charge in [0.2, 0.25) is 29.5 Å². The average Bonchev–Trinajstić information content (AvgIpc) is 3.16. The molecule has 55 heavy (non-hydrogen) atoms. The van der Waals surface area contributed by atoms with Gasteiger partial charge >= 0.3 is 5.97 Å². The molecule has 0 bridgehead atoms. The van der Waals surface area contributed by atoms with Crippen molar-refractivity contribution in [3.63, 3.8) is 0 Å². The summed E-state index contributed by atoms with van der Waals surface area (Å²) < 4.78 is 0. The average molecular weight is 758 g/mol. The van der Waals surface area contributed by atoms with E-state index in [1.165, 1.54) is 6.92 Å². The number of nitrogens with one attached hydrogen (secondary N) is 5. The van der Waals surface area contributed by atoms with Crippen molar-refractivity contribution in [1.29, 1.82) is 0 Å². The summed E-state index contributed by atoms with van der Waals surface area (Å²) in [6.45, 7) is 5.25. The zero-order valence-electron chi connectivity index (χ0n) is 31.7. The quantitative estimate of drug-likeness (QED) is 0.0690. The van der Waals surface area contributed by atoms with Gasteiger partial charge in [0, 0.05) is 19.3 Å². The minimum atomic E-state index is -1.25. The lowest BCUT2D eigenvalue weighted by molar-refractivity contribution is -0.141. The third-order valence-corrected chi connectivity index (χ3v) is 9.03. The molecule has 0 fully saturated rings. The summed E-state index contributed by atoms with van der Waals surface area (Å²) in [5.41, 5.74) is 13.9. The van der Waals surface area contributed by atoms with E-state index < -0.39 is 77.7 Å². The molecule has 5 amide bonds. The van der Waals surface area contributed by atoms with Crippen molar-refractivity contribution >= 4 is 35.5 Å². The van der Waals surface area contributed by atoms with E-state index in [1.807, 2.05) is 36.4 Å². The summed E-state index contributed by atoms with van der Waals surface area (Å²) in [4.78, 5) is 79.9. The van der Waals surface area contributed by atoms with Crippen molar-refractivity contribution in [1.82, 2.24) is 26.6 Å². The molecular weight excluding hydrogens is 702 g/mol. The number of unbranched alkanes of at least 4 members (excludes halogenated alkanes) is 1. The monoisotopic (exact) mass is 757 g/mol. The van der Waals surface area contributed by atoms with Crippen LogP contribution in [-0.2, 0) is 48.0 Å². The highest BCUT2D eigenvalue weighted by Gasteiger charge is 2.34. The van der Waals surface area contributed by atoms with Crippen LogP contribution >= 0.6 is 0 Å². The highest BCUT2D eigenvalue weighted by molar-refractivity contribution is 5.96. The van der Waals surface area contributed by atoms with Crippen LogP contribution in [-0.4, -0.2) is 83.4 Å². The van der Waals surface area contributed by atoms with Crippen LogP contribution in [0.15, 0.2) is 91.0 Å². The highest BCUT2D eigenvalue weighted by atomic mass is 16.4. The number of aliphatic carboxylic acids is 1. The van der Waals surface area contributed by atoms with Crippen molar-refractivity contribution in [3.05, 3.63) is 108 Å². The van der Waals surface area contributed by atoms with E-state index in [1.54, 1.807) is 68.4 Å². The molecule has 0 radical (unpaired) electrons. The number of carboxylic acids is 1. The summed E-state index contributed by atoms with van der Waals surface area (Å²) >= 11 is 0. The lowest BCUT2D eigenvalue weighted by Crippen LogP contribution is -2.61. The molecule has 3 aromatic rings. The molecule has 0 aliphatic carbocycles. The zero-order valence-corrected chi connectivity index (χ0v) is 31.7. The number of rotatable bonds is 22. The standard InChI is InChI=1S/C41H55N7O7/c1-26(2)35(48-39(52)34(25-30-19-11-6-12-20-30)45-36(49)31(43)21-13-14-22-42)40(53)47-33(24-29-17-9-5-10-18-29)38(51)46-32(23-28-15-7-4-8-16-28)37(50)44-27(3)41(54)55/h4-12,15-20,26-27,31-35H,13-14,21-25,42-43H2,1-3H3,(H,44,50)(H,45,49)(H,46,51)(H,47,53)(H,48,52)(H,54,55)/t27-,31-,32-,33-,34-,35-/m1/s1. The minimum absolute atomic E-state index is 0.0388. The summed E-state index contributed by atoms with van der Waals surface area (Å²) in [5.74, 6) is -4.89. The van der Waals surface area contributed by atoms with Crippen molar-refractivity contribution in [2.45, 2.75) is 95.5 Å². The summed E-state index contributed by atoms with van der Waals surface area (Å²) in [6.07, 6.45) is 1.95. The van der Waals surface area contributed by atoms with Gasteiger partial charge in [-0.05, 0) is 48.9 Å². The van der Waals surface area contributed by atoms with E-state index >= 15 is 0 Å². The number of benzene rings is 3. The van der Waals surface area contributed by atoms with Crippen LogP contribution in [0.4, 0.5) is 0 Å². The lowest BCUT2D eigenvalue weighted by atomic mass is 9.99. The molecule has 0 aliphatic rings. The molecule has 10 N–H and O–H groups in total. The smallest absolute Gasteiger partial charge is 0.325 e. The first kappa shape index (κ1) is 43.8. The van der Waals surface area contributed by atoms with Gasteiger partial charge in [0.15, 0.2) is 0 Å². The zero-order chi connectivity index (χ0) is 40.3. The van der Waals surface area contributed by atoms with Gasteiger partial charge in [0.25, 0.3) is 0 Å². The maximum atomic E-state index is 14.0. The Morgan fingerprint density at radius 2 is 0.927 bits per heavy atom. The van der Waals surface area contributed by atoms with E-state index in [4.69, 9.17) is 11.5 Å². The SMILES string of the molecule is CC(C)[C@@H](NC(=O)[C@@H](Cc1ccccc1)NC(=O)[C@H](N)CCCCN)C(=O)N[C@H](Cc1ccccc1)C(=O)N[C@H](Cc1ccccc1)C(=O)N[C@H](C)C(=O)O. The van der Waals surface area contributed by atoms with Crippen LogP contribution in [0.3, 0.4) is 0 Å². The predicted molar refractivity (Wildman–Crippen MR) is 209 cm³/mol. The van der Waals surface area contributed by atoms with Crippen LogP contribution in [0, 0.1) is 5.92 Å². The normalized spacial score (nSPS) is 14.3. The van der Waals surface area contributed by atoms with Gasteiger partial charge < -0.3 is 43.2 Å². The summed E-state index contributed by atoms with van der Waals surface area (Å²) in [6, 6.07) is 20.3. The van der Waals surface area contributed by atoms with Gasteiger partial charge in [0.1, 0.15) is 30.2 Å². The number of carbonyl (C=O) groups excluding carboxylic acids is 5. The second kappa shape index (κ2) is 22.6. The topological polar surface area (TPSA) is 235 Å². The second-order valence-electron chi connectivity index (χ2n) is 13.9. The largest absolute Gasteiger partial charge is 0.480 e. The molecule has 296 valence electrons. The van der Waals surface area contributed by atoms with Gasteiger partial charge in [-0.25, -0.2) is 0 Å². The van der Waals surface area contributed by atoms with Crippen molar-refractivity contribution in [3.8, 4) is 0 Å². The molecular formula is C41H55N7O7. The number of carboxylic acid groups (broad SMARTS) is 1. The first-order chi connectivity index (χ1) is 26.3. The molecule has 0 aromatic heterocycles. The van der Waals surface area contributed by atoms with Crippen LogP contribution in [0.25, 0.3) is 0 Å². The number of hydrogen-bond donors (Lipinski definition) is 8. The lowest BCUT2D eigenvalue weighted by Gasteiger charge is -2.28. The van der Waals surface area contributed by atoms with Crippen LogP contribution in [0.1, 0.15) is 56.7 Å². The molecule has 14 nitrogen and oxygen atoms in total. The van der Waals surface area contributed by atoms with Gasteiger partial charge in [-0.15, -0.1) is 0 Å². The van der Waals surface area contributed by atoms with E-state index in [0.717, 1.165) is 5.56 Å². The molecule has 0 saturated heterocycles. The van der Waals surface area contributed by atoms with E-state index in [2.05, 4.69) is 26.6 Å². The van der Waals surface area contributed by atoms with Crippen LogP contribution in [0.2, 0.25) is 0 Å². The number of amides is 5. The number of carbonyl (C=O) groups is 6. The molecule has 3 rings (SSSR count). The second-order valence-corrected chi connectivity index (χ2v) is 13.9. The van der Waals surface area contributed by atoms with Gasteiger partial charge in [-0.3, -0.25) is 28.8 Å². The van der Waals surface area contributed by atoms with Gasteiger partial charge in [-0.2, -0.15) is 0 Å². The Bertz CT molecular complexity index is 1690. The first-order valence-corrected chi connectivity index (χ1v) is 18.6. The Morgan fingerprint density at radius 1 is 0.545 bits per heavy atom. The Labute approximate surface area is 322 Å². The van der Waals surface area contributed by atoms with Crippen molar-refractivity contribution in [2.75, 3.05) is 6.54 Å². The fourth-order valence-electron chi connectivity index (χ4n) is 5.79. The summed E-state index contributed by atoms with van der Waals surface area (Å²) in [7, 11) is 0. The Morgan fingerprint density at radius 3 is 1.33 bits per heavy atom. The Hall–Kier alpha value is -5.60. The minimum Gasteiger partial charge on any atom is -0.480 e. The first-order valence-electron chi connectivity index (χ1n) is 18.6.